The number of halogens is 3. The van der Waals surface area contributed by atoms with Crippen LogP contribution in [0, 0.1) is 5.82 Å². The molecule has 0 saturated heterocycles. The number of nitrogens with zero attached hydrogens (tertiary/aromatic N) is 2. The van der Waals surface area contributed by atoms with Crippen LogP contribution in [0.25, 0.3) is 0 Å². The summed E-state index contributed by atoms with van der Waals surface area (Å²) in [6.45, 7) is 6.44. The second-order valence-electron chi connectivity index (χ2n) is 9.45. The first kappa shape index (κ1) is 32.2. The van der Waals surface area contributed by atoms with Gasteiger partial charge in [-0.25, -0.2) is 12.8 Å². The molecule has 0 spiro atoms. The lowest BCUT2D eigenvalue weighted by Crippen LogP contribution is -2.52. The van der Waals surface area contributed by atoms with E-state index in [9.17, 15) is 22.4 Å². The molecule has 0 aliphatic rings. The highest BCUT2D eigenvalue weighted by Crippen LogP contribution is 2.29. The van der Waals surface area contributed by atoms with Crippen LogP contribution >= 0.6 is 23.2 Å². The van der Waals surface area contributed by atoms with E-state index in [1.165, 1.54) is 48.2 Å². The highest BCUT2D eigenvalue weighted by molar-refractivity contribution is 7.92. The maximum atomic E-state index is 13.9. The van der Waals surface area contributed by atoms with Crippen molar-refractivity contribution in [3.63, 3.8) is 0 Å². The van der Waals surface area contributed by atoms with Gasteiger partial charge in [0.25, 0.3) is 10.0 Å². The number of sulfonamides is 1. The Kier molecular flexibility index (Phi) is 11.0. The molecule has 0 bridgehead atoms. The Morgan fingerprint density at radius 3 is 2.07 bits per heavy atom. The van der Waals surface area contributed by atoms with E-state index in [2.05, 4.69) is 5.32 Å². The molecule has 0 aromatic heterocycles. The maximum Gasteiger partial charge on any atom is 0.264 e. The molecule has 1 atom stereocenters. The van der Waals surface area contributed by atoms with Crippen molar-refractivity contribution in [2.75, 3.05) is 17.5 Å². The predicted octanol–water partition coefficient (Wildman–Crippen LogP) is 5.67. The summed E-state index contributed by atoms with van der Waals surface area (Å²) in [5.74, 6) is -1.25. The average Bonchev–Trinajstić information content (AvgIpc) is 2.92. The van der Waals surface area contributed by atoms with Gasteiger partial charge in [-0.05, 0) is 88.4 Å². The molecule has 41 heavy (non-hydrogen) atoms. The molecule has 1 N–H and O–H groups in total. The molecule has 3 aromatic carbocycles. The molecule has 2 amide bonds. The standard InChI is InChI=1S/C29H32Cl2FN3O5S/c1-5-40-23-13-15-24(16-14-23)41(38,39)35(22-11-9-21(32)10-12-22)18-28(36)34(20(4)29(37)33-19(2)3)17-25-26(30)7-6-8-27(25)31/h6-16,19-20H,5,17-18H2,1-4H3,(H,33,37)/t20-/m0/s1. The third-order valence-electron chi connectivity index (χ3n) is 6.10. The van der Waals surface area contributed by atoms with Gasteiger partial charge < -0.3 is 15.0 Å². The molecule has 12 heteroatoms. The molecule has 8 nitrogen and oxygen atoms in total. The van der Waals surface area contributed by atoms with Crippen molar-refractivity contribution < 1.29 is 27.1 Å². The van der Waals surface area contributed by atoms with Crippen LogP contribution in [0.2, 0.25) is 10.0 Å². The number of anilines is 1. The first-order valence-electron chi connectivity index (χ1n) is 12.9. The van der Waals surface area contributed by atoms with Crippen LogP contribution in [0.1, 0.15) is 33.3 Å². The Morgan fingerprint density at radius 1 is 0.951 bits per heavy atom. The van der Waals surface area contributed by atoms with E-state index in [1.54, 1.807) is 39.0 Å². The summed E-state index contributed by atoms with van der Waals surface area (Å²) in [4.78, 5) is 28.0. The fraction of sp³-hybridized carbons (Fsp3) is 0.310. The second kappa shape index (κ2) is 14.0. The highest BCUT2D eigenvalue weighted by Gasteiger charge is 2.33. The van der Waals surface area contributed by atoms with Crippen LogP contribution in [0.4, 0.5) is 10.1 Å². The molecule has 3 aromatic rings. The molecule has 220 valence electrons. The number of carbonyl (C=O) groups is 2. The summed E-state index contributed by atoms with van der Waals surface area (Å²) in [5, 5.41) is 3.33. The van der Waals surface area contributed by atoms with E-state index < -0.39 is 40.2 Å². The van der Waals surface area contributed by atoms with Gasteiger partial charge in [-0.15, -0.1) is 0 Å². The van der Waals surface area contributed by atoms with Gasteiger partial charge in [-0.2, -0.15) is 0 Å². The molecular weight excluding hydrogens is 592 g/mol. The average molecular weight is 625 g/mol. The zero-order chi connectivity index (χ0) is 30.3. The first-order chi connectivity index (χ1) is 19.3. The summed E-state index contributed by atoms with van der Waals surface area (Å²) in [5.41, 5.74) is 0.458. The van der Waals surface area contributed by atoms with E-state index in [-0.39, 0.29) is 33.2 Å². The minimum atomic E-state index is -4.33. The fourth-order valence-electron chi connectivity index (χ4n) is 3.98. The van der Waals surface area contributed by atoms with E-state index in [0.717, 1.165) is 16.4 Å². The molecule has 3 rings (SSSR count). The van der Waals surface area contributed by atoms with Gasteiger partial charge in [0.05, 0.1) is 17.2 Å². The molecule has 0 aliphatic heterocycles. The number of benzene rings is 3. The smallest absolute Gasteiger partial charge is 0.264 e. The number of nitrogens with one attached hydrogen (secondary N) is 1. The molecule has 0 heterocycles. The van der Waals surface area contributed by atoms with Crippen LogP contribution in [-0.2, 0) is 26.2 Å². The Labute approximate surface area is 250 Å². The Morgan fingerprint density at radius 2 is 1.54 bits per heavy atom. The second-order valence-corrected chi connectivity index (χ2v) is 12.1. The van der Waals surface area contributed by atoms with Crippen LogP contribution in [0.15, 0.2) is 71.6 Å². The largest absolute Gasteiger partial charge is 0.494 e. The van der Waals surface area contributed by atoms with Crippen LogP contribution in [0.5, 0.6) is 5.75 Å². The number of ether oxygens (including phenoxy) is 1. The summed E-state index contributed by atoms with van der Waals surface area (Å²) in [7, 11) is -4.33. The zero-order valence-electron chi connectivity index (χ0n) is 23.1. The third-order valence-corrected chi connectivity index (χ3v) is 8.60. The van der Waals surface area contributed by atoms with Gasteiger partial charge in [0.2, 0.25) is 11.8 Å². The van der Waals surface area contributed by atoms with Crippen molar-refractivity contribution in [1.29, 1.82) is 0 Å². The minimum Gasteiger partial charge on any atom is -0.494 e. The highest BCUT2D eigenvalue weighted by atomic mass is 35.5. The normalized spacial score (nSPS) is 12.1. The third kappa shape index (κ3) is 8.12. The van der Waals surface area contributed by atoms with Crippen molar-refractivity contribution in [2.24, 2.45) is 0 Å². The van der Waals surface area contributed by atoms with Crippen molar-refractivity contribution in [3.8, 4) is 5.75 Å². The molecule has 0 fully saturated rings. The Balaban J connectivity index is 2.05. The van der Waals surface area contributed by atoms with Gasteiger partial charge in [0.1, 0.15) is 24.2 Å². The molecule has 0 unspecified atom stereocenters. The molecular formula is C29H32Cl2FN3O5S. The van der Waals surface area contributed by atoms with Crippen molar-refractivity contribution in [3.05, 3.63) is 88.2 Å². The summed E-state index contributed by atoms with van der Waals surface area (Å²) >= 11 is 12.8. The van der Waals surface area contributed by atoms with E-state index in [0.29, 0.717) is 17.9 Å². The SMILES string of the molecule is CCOc1ccc(S(=O)(=O)N(CC(=O)N(Cc2c(Cl)cccc2Cl)[C@@H](C)C(=O)NC(C)C)c2ccc(F)cc2)cc1. The zero-order valence-corrected chi connectivity index (χ0v) is 25.4. The van der Waals surface area contributed by atoms with Crippen LogP contribution < -0.4 is 14.4 Å². The summed E-state index contributed by atoms with van der Waals surface area (Å²) < 4.78 is 47.8. The number of amides is 2. The van der Waals surface area contributed by atoms with Crippen LogP contribution in [-0.4, -0.2) is 50.4 Å². The Bertz CT molecular complexity index is 1450. The predicted molar refractivity (Wildman–Crippen MR) is 158 cm³/mol. The van der Waals surface area contributed by atoms with Gasteiger partial charge >= 0.3 is 0 Å². The van der Waals surface area contributed by atoms with Crippen molar-refractivity contribution in [1.82, 2.24) is 10.2 Å². The number of hydrogen-bond donors (Lipinski definition) is 1. The Hall–Kier alpha value is -3.34. The minimum absolute atomic E-state index is 0.0589. The van der Waals surface area contributed by atoms with Gasteiger partial charge in [0.15, 0.2) is 0 Å². The number of hydrogen-bond acceptors (Lipinski definition) is 5. The lowest BCUT2D eigenvalue weighted by atomic mass is 10.1. The number of rotatable bonds is 12. The van der Waals surface area contributed by atoms with E-state index in [4.69, 9.17) is 27.9 Å². The fourth-order valence-corrected chi connectivity index (χ4v) is 5.91. The quantitative estimate of drug-likeness (QED) is 0.280. The van der Waals surface area contributed by atoms with E-state index in [1.807, 2.05) is 0 Å². The van der Waals surface area contributed by atoms with E-state index >= 15 is 0 Å². The van der Waals surface area contributed by atoms with Crippen molar-refractivity contribution in [2.45, 2.75) is 51.2 Å². The number of carbonyl (C=O) groups excluding carboxylic acids is 2. The maximum absolute atomic E-state index is 13.9. The topological polar surface area (TPSA) is 96.0 Å². The van der Waals surface area contributed by atoms with Gasteiger partial charge in [-0.1, -0.05) is 29.3 Å². The summed E-state index contributed by atoms with van der Waals surface area (Å²) in [6.07, 6.45) is 0. The first-order valence-corrected chi connectivity index (χ1v) is 15.1. The van der Waals surface area contributed by atoms with Gasteiger partial charge in [-0.3, -0.25) is 13.9 Å². The summed E-state index contributed by atoms with van der Waals surface area (Å²) in [6, 6.07) is 14.1. The molecule has 0 saturated carbocycles. The molecule has 0 aliphatic carbocycles. The van der Waals surface area contributed by atoms with Gasteiger partial charge in [0, 0.05) is 28.2 Å². The van der Waals surface area contributed by atoms with Crippen LogP contribution in [0.3, 0.4) is 0 Å². The van der Waals surface area contributed by atoms with Crippen molar-refractivity contribution >= 4 is 50.7 Å². The molecule has 0 radical (unpaired) electrons. The lowest BCUT2D eigenvalue weighted by Gasteiger charge is -2.32. The monoisotopic (exact) mass is 623 g/mol. The lowest BCUT2D eigenvalue weighted by molar-refractivity contribution is -0.139.